The van der Waals surface area contributed by atoms with Crippen molar-refractivity contribution in [2.75, 3.05) is 12.7 Å². The summed E-state index contributed by atoms with van der Waals surface area (Å²) in [4.78, 5) is 0. The van der Waals surface area contributed by atoms with Gasteiger partial charge in [0, 0.05) is 16.5 Å². The summed E-state index contributed by atoms with van der Waals surface area (Å²) in [5.41, 5.74) is 11.8. The van der Waals surface area contributed by atoms with E-state index in [9.17, 15) is 0 Å². The molecule has 0 aromatic heterocycles. The van der Waals surface area contributed by atoms with Crippen LogP contribution in [0.3, 0.4) is 0 Å². The molecule has 36 heavy (non-hydrogen) atoms. The van der Waals surface area contributed by atoms with E-state index in [4.69, 9.17) is 0 Å². The van der Waals surface area contributed by atoms with Crippen LogP contribution in [0.2, 0.25) is 0 Å². The molecule has 0 bridgehead atoms. The third kappa shape index (κ3) is 3.00. The molecule has 0 saturated carbocycles. The number of fused-ring (bicyclic) bond motifs is 4. The Morgan fingerprint density at radius 2 is 1.22 bits per heavy atom. The average molecular weight is 498 g/mol. The Morgan fingerprint density at radius 1 is 0.694 bits per heavy atom. The van der Waals surface area contributed by atoms with Crippen molar-refractivity contribution in [3.63, 3.8) is 0 Å². The van der Waals surface area contributed by atoms with E-state index in [0.29, 0.717) is 29.1 Å². The molecule has 1 unspecified atom stereocenters. The van der Waals surface area contributed by atoms with Crippen LogP contribution in [0.5, 0.6) is 0 Å². The minimum absolute atomic E-state index is 0.448. The van der Waals surface area contributed by atoms with Gasteiger partial charge < -0.3 is 0 Å². The van der Waals surface area contributed by atoms with Gasteiger partial charge in [-0.2, -0.15) is 0 Å². The normalized spacial score (nSPS) is 20.2. The topological polar surface area (TPSA) is 6.02 Å². The highest BCUT2D eigenvalue weighted by Gasteiger charge is 2.74. The molecule has 0 radical (unpaired) electrons. The van der Waals surface area contributed by atoms with Gasteiger partial charge in [0.25, 0.3) is 11.4 Å². The minimum atomic E-state index is -1.35. The van der Waals surface area contributed by atoms with E-state index in [-0.39, 0.29) is 0 Å². The lowest BCUT2D eigenvalue weighted by molar-refractivity contribution is -0.694. The molecule has 1 saturated heterocycles. The van der Waals surface area contributed by atoms with Gasteiger partial charge in [-0.3, -0.25) is 0 Å². The molecule has 3 heteroatoms. The summed E-state index contributed by atoms with van der Waals surface area (Å²) in [7, 11) is -1.35. The molecule has 1 aliphatic carbocycles. The van der Waals surface area contributed by atoms with Crippen molar-refractivity contribution in [1.82, 2.24) is 0 Å². The quantitative estimate of drug-likeness (QED) is 0.248. The monoisotopic (exact) mass is 497 g/mol. The number of hydrogen-bond acceptors (Lipinski definition) is 0. The standard InChI is InChI=1S/C33H42N2P/c1-20(2)25-14-11-15-26(21(3)4)30(25)35-32-28-17-10-13-24-12-9-16-27(29(24)28)31(32)34-18-19-36(22(5)6,23(7)8)33(34)35/h9-17,20-23,33H,18-19H2,1-8H3/q+3. The highest BCUT2D eigenvalue weighted by atomic mass is 31.2. The summed E-state index contributed by atoms with van der Waals surface area (Å²) in [6.07, 6.45) is 1.35. The summed E-state index contributed by atoms with van der Waals surface area (Å²) < 4.78 is 5.76. The fourth-order valence-electron chi connectivity index (χ4n) is 7.66. The van der Waals surface area contributed by atoms with Gasteiger partial charge in [0.15, 0.2) is 13.8 Å². The molecule has 3 aromatic carbocycles. The second-order valence-corrected chi connectivity index (χ2v) is 17.3. The Morgan fingerprint density at radius 3 is 1.75 bits per heavy atom. The molecule has 0 spiro atoms. The van der Waals surface area contributed by atoms with Gasteiger partial charge in [-0.1, -0.05) is 74.7 Å². The molecule has 0 amide bonds. The third-order valence-electron chi connectivity index (χ3n) is 9.34. The highest BCUT2D eigenvalue weighted by Crippen LogP contribution is 2.74. The second-order valence-electron chi connectivity index (χ2n) is 12.3. The largest absolute Gasteiger partial charge is 0.439 e. The van der Waals surface area contributed by atoms with Crippen LogP contribution >= 0.6 is 7.26 Å². The summed E-state index contributed by atoms with van der Waals surface area (Å²) in [5, 5.41) is 2.82. The Hall–Kier alpha value is -2.31. The first kappa shape index (κ1) is 24.1. The molecule has 3 aromatic rings. The van der Waals surface area contributed by atoms with Gasteiger partial charge >= 0.3 is 5.91 Å². The number of rotatable bonds is 5. The molecular weight excluding hydrogens is 455 g/mol. The fraction of sp³-hybridized carbons (Fsp3) is 0.455. The van der Waals surface area contributed by atoms with E-state index in [1.54, 1.807) is 0 Å². The van der Waals surface area contributed by atoms with Crippen LogP contribution in [-0.2, 0) is 0 Å². The van der Waals surface area contributed by atoms with Crippen LogP contribution in [-0.4, -0.2) is 50.5 Å². The molecular formula is C33H42N2P+3. The molecule has 6 rings (SSSR count). The third-order valence-corrected chi connectivity index (χ3v) is 15.5. The van der Waals surface area contributed by atoms with Crippen molar-refractivity contribution in [3.05, 3.63) is 76.9 Å². The van der Waals surface area contributed by atoms with Gasteiger partial charge in [0.05, 0.1) is 22.4 Å². The van der Waals surface area contributed by atoms with E-state index < -0.39 is 7.26 Å². The molecule has 2 heterocycles. The first-order valence-electron chi connectivity index (χ1n) is 14.0. The second kappa shape index (κ2) is 8.35. The summed E-state index contributed by atoms with van der Waals surface area (Å²) in [6, 6.07) is 21.0. The minimum Gasteiger partial charge on any atom is -0.125 e. The number of nitrogens with zero attached hydrogens (tertiary/aromatic N) is 2. The maximum Gasteiger partial charge on any atom is 0.439 e. The maximum absolute atomic E-state index is 2.90. The van der Waals surface area contributed by atoms with Crippen molar-refractivity contribution in [1.29, 1.82) is 0 Å². The molecule has 2 aliphatic heterocycles. The van der Waals surface area contributed by atoms with Crippen LogP contribution < -0.4 is 0 Å². The van der Waals surface area contributed by atoms with Crippen molar-refractivity contribution < 1.29 is 9.15 Å². The van der Waals surface area contributed by atoms with Crippen molar-refractivity contribution in [2.45, 2.75) is 84.5 Å². The molecule has 0 N–H and O–H groups in total. The van der Waals surface area contributed by atoms with Crippen LogP contribution in [0.25, 0.3) is 10.8 Å². The Bertz CT molecular complexity index is 1410. The zero-order chi connectivity index (χ0) is 25.5. The lowest BCUT2D eigenvalue weighted by atomic mass is 9.92. The van der Waals surface area contributed by atoms with Gasteiger partial charge in [0.2, 0.25) is 5.69 Å². The lowest BCUT2D eigenvalue weighted by Gasteiger charge is -2.29. The average Bonchev–Trinajstić information content (AvgIpc) is 3.48. The van der Waals surface area contributed by atoms with Gasteiger partial charge in [0.1, 0.15) is 6.16 Å². The van der Waals surface area contributed by atoms with E-state index in [1.807, 2.05) is 0 Å². The first-order chi connectivity index (χ1) is 17.2. The van der Waals surface area contributed by atoms with Crippen molar-refractivity contribution >= 4 is 35.1 Å². The van der Waals surface area contributed by atoms with Crippen LogP contribution in [0.15, 0.2) is 54.6 Å². The SMILES string of the molecule is CC(C)c1cccc(C(C)C)c1[N+]1=C2C(=[N+]3CC[P+](C(C)C)(C(C)C)C31)c1cccc3cccc2c13. The summed E-state index contributed by atoms with van der Waals surface area (Å²) in [6.45, 7) is 20.7. The maximum atomic E-state index is 2.90. The fourth-order valence-corrected chi connectivity index (χ4v) is 13.2. The predicted octanol–water partition coefficient (Wildman–Crippen LogP) is 8.18. The van der Waals surface area contributed by atoms with Crippen molar-refractivity contribution in [2.24, 2.45) is 0 Å². The lowest BCUT2D eigenvalue weighted by Crippen LogP contribution is -2.35. The Balaban J connectivity index is 1.79. The molecule has 2 nitrogen and oxygen atoms in total. The number of benzene rings is 3. The van der Waals surface area contributed by atoms with E-state index >= 15 is 0 Å². The van der Waals surface area contributed by atoms with E-state index in [0.717, 1.165) is 0 Å². The van der Waals surface area contributed by atoms with Crippen LogP contribution in [0, 0.1) is 0 Å². The Kier molecular flexibility index (Phi) is 5.58. The Labute approximate surface area is 218 Å². The van der Waals surface area contributed by atoms with Crippen molar-refractivity contribution in [3.8, 4) is 0 Å². The first-order valence-corrected chi connectivity index (χ1v) is 16.2. The number of hydrogen-bond donors (Lipinski definition) is 0. The zero-order valence-electron chi connectivity index (χ0n) is 23.3. The predicted molar refractivity (Wildman–Crippen MR) is 158 cm³/mol. The van der Waals surface area contributed by atoms with Gasteiger partial charge in [-0.05, 0) is 57.0 Å². The zero-order valence-corrected chi connectivity index (χ0v) is 24.2. The van der Waals surface area contributed by atoms with E-state index in [2.05, 4.69) is 119 Å². The van der Waals surface area contributed by atoms with Crippen LogP contribution in [0.1, 0.15) is 89.5 Å². The summed E-state index contributed by atoms with van der Waals surface area (Å²) >= 11 is 0. The summed E-state index contributed by atoms with van der Waals surface area (Å²) in [5.74, 6) is 1.40. The molecule has 1 fully saturated rings. The smallest absolute Gasteiger partial charge is 0.125 e. The number of para-hydroxylation sites is 1. The highest BCUT2D eigenvalue weighted by molar-refractivity contribution is 7.77. The van der Waals surface area contributed by atoms with Gasteiger partial charge in [-0.15, -0.1) is 4.58 Å². The molecule has 1 atom stereocenters. The van der Waals surface area contributed by atoms with Gasteiger partial charge in [-0.25, -0.2) is 0 Å². The van der Waals surface area contributed by atoms with Crippen LogP contribution in [0.4, 0.5) is 5.69 Å². The van der Waals surface area contributed by atoms with E-state index in [1.165, 1.54) is 62.8 Å². The molecule has 186 valence electrons. The molecule has 3 aliphatic rings.